The second-order valence-electron chi connectivity index (χ2n) is 5.84. The molecule has 3 atom stereocenters. The molecule has 0 bridgehead atoms. The Morgan fingerprint density at radius 2 is 2.29 bits per heavy atom. The average molecular weight is 234 g/mol. The summed E-state index contributed by atoms with van der Waals surface area (Å²) in [5.41, 5.74) is 1.37. The van der Waals surface area contributed by atoms with E-state index in [0.717, 1.165) is 6.42 Å². The molecule has 0 saturated heterocycles. The first-order chi connectivity index (χ1) is 7.99. The first-order valence-corrected chi connectivity index (χ1v) is 6.54. The Morgan fingerprint density at radius 1 is 1.59 bits per heavy atom. The van der Waals surface area contributed by atoms with Crippen LogP contribution in [0.15, 0.2) is 23.8 Å². The minimum Gasteiger partial charge on any atom is -0.392 e. The molecule has 0 aromatic heterocycles. The molecule has 1 saturated carbocycles. The third kappa shape index (κ3) is 1.99. The Bertz CT molecular complexity index is 380. The highest BCUT2D eigenvalue weighted by Crippen LogP contribution is 2.51. The number of ketones is 1. The number of carbonyl (C=O) groups is 1. The minimum absolute atomic E-state index is 0.111. The van der Waals surface area contributed by atoms with E-state index >= 15 is 0 Å². The number of hydrogen-bond acceptors (Lipinski definition) is 2. The van der Waals surface area contributed by atoms with E-state index in [2.05, 4.69) is 26.5 Å². The third-order valence-corrected chi connectivity index (χ3v) is 4.89. The Hall–Kier alpha value is -0.890. The van der Waals surface area contributed by atoms with Gasteiger partial charge in [-0.3, -0.25) is 4.79 Å². The highest BCUT2D eigenvalue weighted by atomic mass is 16.3. The molecule has 0 aromatic carbocycles. The molecule has 0 radical (unpaired) electrons. The SMILES string of the molecule is C=C(CO)C1=C[C@]2(C)[C@@H](CCC[C@H]2C)CC1=O. The molecule has 0 unspecified atom stereocenters. The number of aliphatic hydroxyl groups excluding tert-OH is 1. The van der Waals surface area contributed by atoms with Crippen LogP contribution in [0.1, 0.15) is 39.5 Å². The van der Waals surface area contributed by atoms with E-state index in [1.807, 2.05) is 0 Å². The van der Waals surface area contributed by atoms with Gasteiger partial charge in [-0.05, 0) is 35.7 Å². The van der Waals surface area contributed by atoms with Crippen LogP contribution in [0, 0.1) is 17.3 Å². The van der Waals surface area contributed by atoms with Crippen molar-refractivity contribution in [2.24, 2.45) is 17.3 Å². The maximum Gasteiger partial charge on any atom is 0.163 e. The van der Waals surface area contributed by atoms with Gasteiger partial charge in [0.15, 0.2) is 5.78 Å². The summed E-state index contributed by atoms with van der Waals surface area (Å²) in [6, 6.07) is 0. The van der Waals surface area contributed by atoms with Crippen LogP contribution in [0.25, 0.3) is 0 Å². The Morgan fingerprint density at radius 3 is 2.94 bits per heavy atom. The van der Waals surface area contributed by atoms with Gasteiger partial charge in [-0.25, -0.2) is 0 Å². The van der Waals surface area contributed by atoms with Crippen LogP contribution in [-0.4, -0.2) is 17.5 Å². The van der Waals surface area contributed by atoms with Crippen LogP contribution in [-0.2, 0) is 4.79 Å². The molecular formula is C15H22O2. The molecule has 17 heavy (non-hydrogen) atoms. The van der Waals surface area contributed by atoms with Gasteiger partial charge in [-0.1, -0.05) is 32.9 Å². The molecule has 94 valence electrons. The monoisotopic (exact) mass is 234 g/mol. The molecule has 2 aliphatic rings. The summed E-state index contributed by atoms with van der Waals surface area (Å²) in [4.78, 5) is 12.1. The number of allylic oxidation sites excluding steroid dienone is 1. The lowest BCUT2D eigenvalue weighted by Crippen LogP contribution is -2.41. The van der Waals surface area contributed by atoms with Crippen molar-refractivity contribution in [3.8, 4) is 0 Å². The summed E-state index contributed by atoms with van der Waals surface area (Å²) in [5.74, 6) is 1.26. The van der Waals surface area contributed by atoms with Crippen molar-refractivity contribution >= 4 is 5.78 Å². The molecule has 0 heterocycles. The van der Waals surface area contributed by atoms with E-state index in [9.17, 15) is 4.79 Å². The van der Waals surface area contributed by atoms with Gasteiger partial charge >= 0.3 is 0 Å². The quantitative estimate of drug-likeness (QED) is 0.797. The second kappa shape index (κ2) is 4.41. The number of Topliss-reactive ketones (excluding diaryl/α,β-unsaturated/α-hetero) is 1. The summed E-state index contributed by atoms with van der Waals surface area (Å²) >= 11 is 0. The zero-order valence-corrected chi connectivity index (χ0v) is 10.8. The lowest BCUT2D eigenvalue weighted by molar-refractivity contribution is -0.119. The van der Waals surface area contributed by atoms with Gasteiger partial charge in [0.05, 0.1) is 6.61 Å². The minimum atomic E-state index is -0.118. The van der Waals surface area contributed by atoms with Crippen LogP contribution in [0.5, 0.6) is 0 Å². The van der Waals surface area contributed by atoms with E-state index in [0.29, 0.717) is 29.4 Å². The van der Waals surface area contributed by atoms with E-state index < -0.39 is 0 Å². The van der Waals surface area contributed by atoms with Gasteiger partial charge in [-0.2, -0.15) is 0 Å². The third-order valence-electron chi connectivity index (χ3n) is 4.89. The zero-order chi connectivity index (χ0) is 12.6. The Balaban J connectivity index is 2.39. The normalized spacial score (nSPS) is 37.4. The van der Waals surface area contributed by atoms with Gasteiger partial charge in [-0.15, -0.1) is 0 Å². The number of rotatable bonds is 2. The second-order valence-corrected chi connectivity index (χ2v) is 5.84. The highest BCUT2D eigenvalue weighted by Gasteiger charge is 2.44. The fourth-order valence-corrected chi connectivity index (χ4v) is 3.39. The van der Waals surface area contributed by atoms with Gasteiger partial charge in [0.25, 0.3) is 0 Å². The molecule has 2 rings (SSSR count). The van der Waals surface area contributed by atoms with Crippen molar-refractivity contribution in [1.29, 1.82) is 0 Å². The number of fused-ring (bicyclic) bond motifs is 1. The predicted molar refractivity (Wildman–Crippen MR) is 68.5 cm³/mol. The molecule has 0 spiro atoms. The largest absolute Gasteiger partial charge is 0.392 e. The molecule has 0 aromatic rings. The molecular weight excluding hydrogens is 212 g/mol. The van der Waals surface area contributed by atoms with Crippen molar-refractivity contribution in [3.63, 3.8) is 0 Å². The van der Waals surface area contributed by atoms with Gasteiger partial charge < -0.3 is 5.11 Å². The maximum absolute atomic E-state index is 12.1. The van der Waals surface area contributed by atoms with Crippen LogP contribution >= 0.6 is 0 Å². The first-order valence-electron chi connectivity index (χ1n) is 6.54. The maximum atomic E-state index is 12.1. The van der Waals surface area contributed by atoms with E-state index in [-0.39, 0.29) is 17.8 Å². The van der Waals surface area contributed by atoms with Crippen molar-refractivity contribution in [2.45, 2.75) is 39.5 Å². The van der Waals surface area contributed by atoms with Crippen LogP contribution in [0.3, 0.4) is 0 Å². The number of aliphatic hydroxyl groups is 1. The molecule has 1 fully saturated rings. The lowest BCUT2D eigenvalue weighted by atomic mass is 9.57. The average Bonchev–Trinajstić information content (AvgIpc) is 2.31. The summed E-state index contributed by atoms with van der Waals surface area (Å²) < 4.78 is 0. The van der Waals surface area contributed by atoms with Crippen molar-refractivity contribution < 1.29 is 9.90 Å². The van der Waals surface area contributed by atoms with E-state index in [4.69, 9.17) is 5.11 Å². The molecule has 2 heteroatoms. The Kier molecular flexibility index (Phi) is 3.26. The topological polar surface area (TPSA) is 37.3 Å². The highest BCUT2D eigenvalue weighted by molar-refractivity contribution is 6.00. The smallest absolute Gasteiger partial charge is 0.163 e. The molecule has 2 nitrogen and oxygen atoms in total. The lowest BCUT2D eigenvalue weighted by Gasteiger charge is -2.47. The van der Waals surface area contributed by atoms with Crippen LogP contribution in [0.2, 0.25) is 0 Å². The van der Waals surface area contributed by atoms with E-state index in [1.54, 1.807) is 0 Å². The number of carbonyl (C=O) groups excluding carboxylic acids is 1. The summed E-state index contributed by atoms with van der Waals surface area (Å²) in [7, 11) is 0. The standard InChI is InChI=1S/C15H22O2/c1-10(9-16)13-8-15(3)11(2)5-4-6-12(15)7-14(13)17/h8,11-12,16H,1,4-7,9H2,2-3H3/t11-,12+,15+/m1/s1. The summed E-state index contributed by atoms with van der Waals surface area (Å²) in [6.45, 7) is 8.22. The van der Waals surface area contributed by atoms with Gasteiger partial charge in [0, 0.05) is 12.0 Å². The molecule has 0 amide bonds. The molecule has 2 aliphatic carbocycles. The van der Waals surface area contributed by atoms with Gasteiger partial charge in [0.2, 0.25) is 0 Å². The van der Waals surface area contributed by atoms with E-state index in [1.165, 1.54) is 12.8 Å². The molecule has 0 aliphatic heterocycles. The fourth-order valence-electron chi connectivity index (χ4n) is 3.39. The van der Waals surface area contributed by atoms with Gasteiger partial charge in [0.1, 0.15) is 0 Å². The Labute approximate surface area is 103 Å². The van der Waals surface area contributed by atoms with Crippen LogP contribution < -0.4 is 0 Å². The molecule has 1 N–H and O–H groups in total. The van der Waals surface area contributed by atoms with Crippen molar-refractivity contribution in [2.75, 3.05) is 6.61 Å². The van der Waals surface area contributed by atoms with Crippen molar-refractivity contribution in [1.82, 2.24) is 0 Å². The first kappa shape index (κ1) is 12.6. The fraction of sp³-hybridized carbons (Fsp3) is 0.667. The summed E-state index contributed by atoms with van der Waals surface area (Å²) in [5, 5.41) is 9.16. The predicted octanol–water partition coefficient (Wildman–Crippen LogP) is 2.88. The van der Waals surface area contributed by atoms with Crippen LogP contribution in [0.4, 0.5) is 0 Å². The van der Waals surface area contributed by atoms with Crippen molar-refractivity contribution in [3.05, 3.63) is 23.8 Å². The summed E-state index contributed by atoms with van der Waals surface area (Å²) in [6.07, 6.45) is 6.36. The number of hydrogen-bond donors (Lipinski definition) is 1. The zero-order valence-electron chi connectivity index (χ0n) is 10.8.